The van der Waals surface area contributed by atoms with Crippen LogP contribution in [-0.4, -0.2) is 51.5 Å². The summed E-state index contributed by atoms with van der Waals surface area (Å²) in [7, 11) is 0. The number of halogens is 1. The van der Waals surface area contributed by atoms with Gasteiger partial charge >= 0.3 is 0 Å². The molecule has 0 radical (unpaired) electrons. The monoisotopic (exact) mass is 1900 g/mol. The van der Waals surface area contributed by atoms with Gasteiger partial charge < -0.3 is 39.1 Å². The van der Waals surface area contributed by atoms with E-state index in [2.05, 4.69) is 74.8 Å². The van der Waals surface area contributed by atoms with Gasteiger partial charge in [0.1, 0.15) is 0 Å². The van der Waals surface area contributed by atoms with Crippen molar-refractivity contribution in [3.63, 3.8) is 0 Å². The maximum absolute atomic E-state index is 15.2. The topological polar surface area (TPSA) is 114 Å². The van der Waals surface area contributed by atoms with Crippen molar-refractivity contribution in [3.8, 4) is 34.5 Å². The third-order valence-electron chi connectivity index (χ3n) is 26.9. The van der Waals surface area contributed by atoms with Crippen LogP contribution in [0.25, 0.3) is 0 Å². The summed E-state index contributed by atoms with van der Waals surface area (Å²) in [5, 5.41) is 6.68. The van der Waals surface area contributed by atoms with E-state index in [0.29, 0.717) is 96.6 Å². The summed E-state index contributed by atoms with van der Waals surface area (Å²) in [5.74, 6) is 2.93. The first kappa shape index (κ1) is 118. The van der Waals surface area contributed by atoms with Crippen LogP contribution in [-0.2, 0) is 0 Å². The largest absolute Gasteiger partial charge is 0.490 e. The number of benzene rings is 3. The molecule has 2 amide bonds. The van der Waals surface area contributed by atoms with E-state index < -0.39 is 0 Å². The molecule has 0 saturated heterocycles. The van der Waals surface area contributed by atoms with Crippen LogP contribution in [0.4, 0.5) is 11.4 Å². The van der Waals surface area contributed by atoms with Crippen molar-refractivity contribution in [2.24, 2.45) is 0 Å². The average Bonchev–Trinajstić information content (AvgIpc) is 0.806. The highest BCUT2D eigenvalue weighted by molar-refractivity contribution is 14.1. The lowest BCUT2D eigenvalue weighted by atomic mass is 10.0. The predicted molar refractivity (Wildman–Crippen MR) is 568 cm³/mol. The number of rotatable bonds is 100. The maximum atomic E-state index is 15.2. The second-order valence-corrected chi connectivity index (χ2v) is 40.6. The Morgan fingerprint density at radius 2 is 0.336 bits per heavy atom. The summed E-state index contributed by atoms with van der Waals surface area (Å²) in [4.78, 5) is 30.4. The van der Waals surface area contributed by atoms with Gasteiger partial charge in [0.2, 0.25) is 11.5 Å². The molecule has 128 heavy (non-hydrogen) atoms. The first-order valence-electron chi connectivity index (χ1n) is 56.8. The smallest absolute Gasteiger partial charge is 0.255 e. The number of unbranched alkanes of at least 4 members (excludes halogenated alkanes) is 78. The molecule has 10 nitrogen and oxygen atoms in total. The molecular formula is C117H209IN2O8. The van der Waals surface area contributed by atoms with Crippen molar-refractivity contribution >= 4 is 45.8 Å². The minimum Gasteiger partial charge on any atom is -0.490 e. The normalized spacial score (nSPS) is 11.5. The Hall–Kier alpha value is -3.87. The lowest BCUT2D eigenvalue weighted by molar-refractivity contribution is 0.101. The van der Waals surface area contributed by atoms with E-state index in [1.807, 2.05) is 43.3 Å². The number of hydrogen-bond donors (Lipinski definition) is 2. The molecular weight excluding hydrogens is 1690 g/mol. The quantitative estimate of drug-likeness (QED) is 0.0424. The zero-order chi connectivity index (χ0) is 91.6. The molecule has 742 valence electrons. The van der Waals surface area contributed by atoms with Gasteiger partial charge in [0, 0.05) is 26.1 Å². The van der Waals surface area contributed by atoms with Gasteiger partial charge in [-0.1, -0.05) is 542 Å². The molecule has 0 unspecified atom stereocenters. The average molecular weight is 1900 g/mol. The molecule has 0 bridgehead atoms. The molecule has 0 fully saturated rings. The minimum atomic E-state index is -0.278. The van der Waals surface area contributed by atoms with Crippen molar-refractivity contribution in [1.29, 1.82) is 0 Å². The van der Waals surface area contributed by atoms with E-state index in [9.17, 15) is 0 Å². The highest BCUT2D eigenvalue weighted by Gasteiger charge is 2.24. The van der Waals surface area contributed by atoms with E-state index in [0.717, 1.165) is 86.2 Å². The van der Waals surface area contributed by atoms with Gasteiger partial charge in [0.25, 0.3) is 11.8 Å². The minimum absolute atomic E-state index is 0.278. The molecule has 0 aliphatic rings. The second-order valence-electron chi connectivity index (χ2n) is 39.3. The Bertz CT molecular complexity index is 2640. The van der Waals surface area contributed by atoms with Crippen LogP contribution in [0, 0.1) is 10.5 Å². The van der Waals surface area contributed by atoms with Gasteiger partial charge in [-0.2, -0.15) is 0 Å². The fraction of sp³-hybridized carbons (Fsp3) is 0.829. The Balaban J connectivity index is 1.96. The van der Waals surface area contributed by atoms with Crippen LogP contribution >= 0.6 is 22.6 Å². The molecule has 0 aliphatic carbocycles. The van der Waals surface area contributed by atoms with Crippen LogP contribution in [0.5, 0.6) is 34.5 Å². The molecule has 0 heterocycles. The number of ether oxygens (including phenoxy) is 6. The zero-order valence-corrected chi connectivity index (χ0v) is 87.9. The van der Waals surface area contributed by atoms with Crippen molar-refractivity contribution in [3.05, 3.63) is 56.7 Å². The molecule has 0 spiro atoms. The predicted octanol–water partition coefficient (Wildman–Crippen LogP) is 40.3. The van der Waals surface area contributed by atoms with Crippen molar-refractivity contribution < 1.29 is 38.0 Å². The van der Waals surface area contributed by atoms with Crippen LogP contribution in [0.1, 0.15) is 607 Å². The summed E-state index contributed by atoms with van der Waals surface area (Å²) >= 11 is 2.31. The van der Waals surface area contributed by atoms with Gasteiger partial charge in [0.15, 0.2) is 23.0 Å². The number of amides is 2. The fourth-order valence-corrected chi connectivity index (χ4v) is 18.9. The highest BCUT2D eigenvalue weighted by Crippen LogP contribution is 2.43. The molecule has 0 saturated carbocycles. The zero-order valence-electron chi connectivity index (χ0n) is 85.7. The molecule has 0 aliphatic heterocycles. The number of carbonyl (C=O) groups excluding carboxylic acids is 2. The third kappa shape index (κ3) is 68.2. The first-order chi connectivity index (χ1) is 63.2. The molecule has 3 rings (SSSR count). The van der Waals surface area contributed by atoms with E-state index >= 15 is 9.59 Å². The van der Waals surface area contributed by atoms with Gasteiger partial charge in [-0.25, -0.2) is 0 Å². The maximum Gasteiger partial charge on any atom is 0.255 e. The number of nitrogens with one attached hydrogen (secondary N) is 2. The second kappa shape index (κ2) is 90.9. The molecule has 0 aromatic heterocycles. The van der Waals surface area contributed by atoms with E-state index in [-0.39, 0.29) is 11.8 Å². The Morgan fingerprint density at radius 3 is 0.484 bits per heavy atom. The molecule has 11 heteroatoms. The standard InChI is InChI=1S/C117H209IN2O8/c1-8-14-20-26-32-38-44-50-56-62-68-74-80-86-92-123-110-98-105(99-111(124-93-87-81-75-69-63-57-51-45-39-33-27-21-15-9-2)114(110)127-96-90-84-78-72-66-60-54-48-42-36-30-24-18-12-5)116(121)119-108-102-107(118)103-109(104(108)7)120-117(122)106-100-112(125-94-88-82-76-70-64-58-52-46-40-34-28-22-16-10-3)115(128-97-91-85-79-73-67-61-55-49-43-37-31-25-19-13-6)113(101-106)126-95-89-83-77-71-65-59-53-47-41-35-29-23-17-11-4/h98-103H,8-97H2,1-7H3,(H,119,121)(H,120,122). The van der Waals surface area contributed by atoms with E-state index in [1.54, 1.807) is 0 Å². The molecule has 2 N–H and O–H groups in total. The number of carbonyl (C=O) groups is 2. The molecule has 0 atom stereocenters. The lowest BCUT2D eigenvalue weighted by Gasteiger charge is -2.20. The Morgan fingerprint density at radius 1 is 0.203 bits per heavy atom. The first-order valence-corrected chi connectivity index (χ1v) is 57.8. The van der Waals surface area contributed by atoms with E-state index in [1.165, 1.54) is 462 Å². The number of anilines is 2. The Labute approximate surface area is 807 Å². The van der Waals surface area contributed by atoms with Crippen LogP contribution in [0.3, 0.4) is 0 Å². The van der Waals surface area contributed by atoms with Gasteiger partial charge in [-0.3, -0.25) is 9.59 Å². The number of hydrogen-bond acceptors (Lipinski definition) is 8. The van der Waals surface area contributed by atoms with Crippen LogP contribution in [0.15, 0.2) is 36.4 Å². The molecule has 3 aromatic rings. The summed E-state index contributed by atoms with van der Waals surface area (Å²) in [5.41, 5.74) is 2.87. The summed E-state index contributed by atoms with van der Waals surface area (Å²) in [6.07, 6.45) is 109. The summed E-state index contributed by atoms with van der Waals surface area (Å²) < 4.78 is 41.9. The Kier molecular flexibility index (Phi) is 84.0. The SMILES string of the molecule is CCCCCCCCCCCCCCCCOc1cc(C(=O)Nc2cc(I)cc(NC(=O)c3cc(OCCCCCCCCCCCCCCCC)c(OCCCCCCCCCCCCCCCC)c(OCCCCCCCCCCCCCCCC)c3)c2C)cc(OCCCCCCCCCCCCCCCC)c1OCCCCCCCCCCCCCCCC. The van der Waals surface area contributed by atoms with Crippen molar-refractivity contribution in [2.75, 3.05) is 50.3 Å². The van der Waals surface area contributed by atoms with Gasteiger partial charge in [-0.15, -0.1) is 0 Å². The van der Waals surface area contributed by atoms with E-state index in [4.69, 9.17) is 28.4 Å². The molecule has 3 aromatic carbocycles. The van der Waals surface area contributed by atoms with Crippen LogP contribution in [0.2, 0.25) is 0 Å². The fourth-order valence-electron chi connectivity index (χ4n) is 18.3. The van der Waals surface area contributed by atoms with Crippen LogP contribution < -0.4 is 39.1 Å². The van der Waals surface area contributed by atoms with Crippen molar-refractivity contribution in [1.82, 2.24) is 0 Å². The highest BCUT2D eigenvalue weighted by atomic mass is 127. The summed E-state index contributed by atoms with van der Waals surface area (Å²) in [6, 6.07) is 11.5. The van der Waals surface area contributed by atoms with Gasteiger partial charge in [-0.05, 0) is 110 Å². The third-order valence-corrected chi connectivity index (χ3v) is 27.6. The van der Waals surface area contributed by atoms with Gasteiger partial charge in [0.05, 0.1) is 39.6 Å². The summed E-state index contributed by atoms with van der Waals surface area (Å²) in [6.45, 7) is 19.0. The lowest BCUT2D eigenvalue weighted by Crippen LogP contribution is -2.17. The van der Waals surface area contributed by atoms with Crippen molar-refractivity contribution in [2.45, 2.75) is 588 Å².